The summed E-state index contributed by atoms with van der Waals surface area (Å²) >= 11 is 0. The fraction of sp³-hybridized carbons (Fsp3) is 0.538. The molecule has 1 aromatic rings. The maximum absolute atomic E-state index is 5.95. The van der Waals surface area contributed by atoms with Crippen molar-refractivity contribution < 1.29 is 14.2 Å². The quantitative estimate of drug-likeness (QED) is 0.816. The van der Waals surface area contributed by atoms with Gasteiger partial charge in [0.25, 0.3) is 0 Å². The van der Waals surface area contributed by atoms with Crippen LogP contribution in [0.3, 0.4) is 0 Å². The third kappa shape index (κ3) is 3.03. The predicted octanol–water partition coefficient (Wildman–Crippen LogP) is 2.21. The molecule has 1 heterocycles. The second-order valence-electron chi connectivity index (χ2n) is 4.60. The Labute approximate surface area is 102 Å². The molecule has 2 rings (SSSR count). The molecule has 94 valence electrons. The van der Waals surface area contributed by atoms with Gasteiger partial charge in [0, 0.05) is 23.9 Å². The van der Waals surface area contributed by atoms with Crippen molar-refractivity contribution in [1.29, 1.82) is 0 Å². The Balaban J connectivity index is 2.06. The zero-order valence-electron chi connectivity index (χ0n) is 10.4. The molecule has 0 radical (unpaired) electrons. The van der Waals surface area contributed by atoms with E-state index in [0.29, 0.717) is 31.4 Å². The summed E-state index contributed by atoms with van der Waals surface area (Å²) in [6, 6.07) is 3.71. The molecule has 0 aromatic heterocycles. The van der Waals surface area contributed by atoms with E-state index in [0.717, 1.165) is 23.7 Å². The summed E-state index contributed by atoms with van der Waals surface area (Å²) in [5, 5.41) is 0. The number of benzene rings is 1. The van der Waals surface area contributed by atoms with E-state index < -0.39 is 0 Å². The smallest absolute Gasteiger partial charge is 0.163 e. The molecule has 0 amide bonds. The number of ether oxygens (including phenoxy) is 3. The van der Waals surface area contributed by atoms with Crippen LogP contribution in [0.5, 0.6) is 11.5 Å². The Morgan fingerprint density at radius 3 is 2.53 bits per heavy atom. The fourth-order valence-electron chi connectivity index (χ4n) is 1.68. The number of hydrogen-bond acceptors (Lipinski definition) is 4. The Bertz CT molecular complexity index is 390. The summed E-state index contributed by atoms with van der Waals surface area (Å²) in [6.07, 6.45) is 0. The number of nitrogen functional groups attached to an aromatic ring is 1. The predicted molar refractivity (Wildman–Crippen MR) is 66.3 cm³/mol. The Kier molecular flexibility index (Phi) is 3.74. The first-order valence-electron chi connectivity index (χ1n) is 5.92. The molecule has 0 atom stereocenters. The summed E-state index contributed by atoms with van der Waals surface area (Å²) in [6.45, 7) is 6.65. The van der Waals surface area contributed by atoms with Crippen molar-refractivity contribution in [2.75, 3.05) is 25.6 Å². The highest BCUT2D eigenvalue weighted by Gasteiger charge is 2.14. The minimum absolute atomic E-state index is 0.515. The maximum Gasteiger partial charge on any atom is 0.163 e. The van der Waals surface area contributed by atoms with Crippen LogP contribution >= 0.6 is 0 Å². The van der Waals surface area contributed by atoms with Crippen LogP contribution in [-0.2, 0) is 11.3 Å². The van der Waals surface area contributed by atoms with Gasteiger partial charge in [-0.25, -0.2) is 0 Å². The molecule has 2 N–H and O–H groups in total. The number of fused-ring (bicyclic) bond motifs is 1. The SMILES string of the molecule is CC(C)COCc1cc2c(cc1N)OCCO2. The monoisotopic (exact) mass is 237 g/mol. The summed E-state index contributed by atoms with van der Waals surface area (Å²) in [7, 11) is 0. The topological polar surface area (TPSA) is 53.7 Å². The third-order valence-corrected chi connectivity index (χ3v) is 2.51. The van der Waals surface area contributed by atoms with Crippen molar-refractivity contribution in [3.8, 4) is 11.5 Å². The molecule has 4 nitrogen and oxygen atoms in total. The summed E-state index contributed by atoms with van der Waals surface area (Å²) in [4.78, 5) is 0. The zero-order chi connectivity index (χ0) is 12.3. The van der Waals surface area contributed by atoms with Crippen LogP contribution in [0.2, 0.25) is 0 Å². The molecule has 1 aliphatic rings. The first-order chi connectivity index (χ1) is 8.16. The van der Waals surface area contributed by atoms with Crippen LogP contribution in [0.15, 0.2) is 12.1 Å². The molecule has 0 saturated carbocycles. The number of hydrogen-bond donors (Lipinski definition) is 1. The highest BCUT2D eigenvalue weighted by atomic mass is 16.6. The molecule has 0 bridgehead atoms. The molecule has 0 saturated heterocycles. The average Bonchev–Trinajstić information content (AvgIpc) is 2.29. The highest BCUT2D eigenvalue weighted by molar-refractivity contribution is 5.58. The zero-order valence-corrected chi connectivity index (χ0v) is 10.4. The lowest BCUT2D eigenvalue weighted by molar-refractivity contribution is 0.0969. The fourth-order valence-corrected chi connectivity index (χ4v) is 1.68. The van der Waals surface area contributed by atoms with Crippen molar-refractivity contribution in [3.05, 3.63) is 17.7 Å². The van der Waals surface area contributed by atoms with E-state index in [2.05, 4.69) is 13.8 Å². The van der Waals surface area contributed by atoms with Crippen LogP contribution in [0.1, 0.15) is 19.4 Å². The van der Waals surface area contributed by atoms with E-state index in [1.807, 2.05) is 12.1 Å². The number of rotatable bonds is 4. The van der Waals surface area contributed by atoms with Crippen LogP contribution in [0, 0.1) is 5.92 Å². The molecule has 4 heteroatoms. The highest BCUT2D eigenvalue weighted by Crippen LogP contribution is 2.34. The summed E-state index contributed by atoms with van der Waals surface area (Å²) in [5.41, 5.74) is 7.59. The first kappa shape index (κ1) is 12.0. The van der Waals surface area contributed by atoms with E-state index in [1.165, 1.54) is 0 Å². The molecule has 0 unspecified atom stereocenters. The maximum atomic E-state index is 5.95. The van der Waals surface area contributed by atoms with Gasteiger partial charge >= 0.3 is 0 Å². The van der Waals surface area contributed by atoms with E-state index in [9.17, 15) is 0 Å². The van der Waals surface area contributed by atoms with E-state index in [4.69, 9.17) is 19.9 Å². The van der Waals surface area contributed by atoms with Crippen molar-refractivity contribution in [2.24, 2.45) is 5.92 Å². The first-order valence-corrected chi connectivity index (χ1v) is 5.92. The van der Waals surface area contributed by atoms with Crippen molar-refractivity contribution in [2.45, 2.75) is 20.5 Å². The number of anilines is 1. The average molecular weight is 237 g/mol. The molecule has 0 fully saturated rings. The van der Waals surface area contributed by atoms with Crippen LogP contribution in [-0.4, -0.2) is 19.8 Å². The van der Waals surface area contributed by atoms with Gasteiger partial charge in [-0.3, -0.25) is 0 Å². The van der Waals surface area contributed by atoms with Crippen molar-refractivity contribution in [3.63, 3.8) is 0 Å². The van der Waals surface area contributed by atoms with Crippen LogP contribution in [0.25, 0.3) is 0 Å². The Morgan fingerprint density at radius 2 is 1.88 bits per heavy atom. The second-order valence-corrected chi connectivity index (χ2v) is 4.60. The van der Waals surface area contributed by atoms with E-state index in [1.54, 1.807) is 0 Å². The minimum Gasteiger partial charge on any atom is -0.486 e. The molecule has 0 aliphatic carbocycles. The van der Waals surface area contributed by atoms with Gasteiger partial charge in [0.1, 0.15) is 13.2 Å². The molecular formula is C13H19NO3. The lowest BCUT2D eigenvalue weighted by atomic mass is 10.1. The summed E-state index contributed by atoms with van der Waals surface area (Å²) < 4.78 is 16.5. The minimum atomic E-state index is 0.515. The molecule has 17 heavy (non-hydrogen) atoms. The lowest BCUT2D eigenvalue weighted by Crippen LogP contribution is -2.16. The normalized spacial score (nSPS) is 14.1. The van der Waals surface area contributed by atoms with Gasteiger partial charge in [-0.05, 0) is 12.0 Å². The molecular weight excluding hydrogens is 218 g/mol. The molecule has 0 spiro atoms. The lowest BCUT2D eigenvalue weighted by Gasteiger charge is -2.20. The van der Waals surface area contributed by atoms with Crippen LogP contribution < -0.4 is 15.2 Å². The van der Waals surface area contributed by atoms with Gasteiger partial charge in [0.2, 0.25) is 0 Å². The van der Waals surface area contributed by atoms with Crippen molar-refractivity contribution >= 4 is 5.69 Å². The van der Waals surface area contributed by atoms with E-state index in [-0.39, 0.29) is 0 Å². The van der Waals surface area contributed by atoms with Gasteiger partial charge in [-0.15, -0.1) is 0 Å². The van der Waals surface area contributed by atoms with Gasteiger partial charge in [0.15, 0.2) is 11.5 Å². The second kappa shape index (κ2) is 5.27. The Morgan fingerprint density at radius 1 is 1.24 bits per heavy atom. The standard InChI is InChI=1S/C13H19NO3/c1-9(2)7-15-8-10-5-12-13(6-11(10)14)17-4-3-16-12/h5-6,9H,3-4,7-8,14H2,1-2H3. The van der Waals surface area contributed by atoms with Crippen molar-refractivity contribution in [1.82, 2.24) is 0 Å². The Hall–Kier alpha value is -1.42. The van der Waals surface area contributed by atoms with E-state index >= 15 is 0 Å². The van der Waals surface area contributed by atoms with Gasteiger partial charge in [-0.2, -0.15) is 0 Å². The summed E-state index contributed by atoms with van der Waals surface area (Å²) in [5.74, 6) is 2.00. The van der Waals surface area contributed by atoms with Gasteiger partial charge in [0.05, 0.1) is 6.61 Å². The largest absolute Gasteiger partial charge is 0.486 e. The molecule has 1 aromatic carbocycles. The third-order valence-electron chi connectivity index (χ3n) is 2.51. The van der Waals surface area contributed by atoms with Gasteiger partial charge < -0.3 is 19.9 Å². The van der Waals surface area contributed by atoms with Gasteiger partial charge in [-0.1, -0.05) is 13.8 Å². The van der Waals surface area contributed by atoms with Crippen LogP contribution in [0.4, 0.5) is 5.69 Å². The number of nitrogens with two attached hydrogens (primary N) is 1. The molecule has 1 aliphatic heterocycles.